The summed E-state index contributed by atoms with van der Waals surface area (Å²) < 4.78 is 24.3. The molecule has 0 radical (unpaired) electrons. The Hall–Kier alpha value is -0.170. The third-order valence-corrected chi connectivity index (χ3v) is 3.01. The topological polar surface area (TPSA) is 81.4 Å². The van der Waals surface area contributed by atoms with Crippen molar-refractivity contribution in [1.82, 2.24) is 4.72 Å². The molecule has 1 aliphatic rings. The Kier molecular flexibility index (Phi) is 3.66. The van der Waals surface area contributed by atoms with E-state index < -0.39 is 10.0 Å². The lowest BCUT2D eigenvalue weighted by Gasteiger charge is -2.26. The molecule has 0 atom stereocenters. The van der Waals surface area contributed by atoms with Gasteiger partial charge in [0, 0.05) is 6.04 Å². The fraction of sp³-hybridized carbons (Fsp3) is 1.00. The van der Waals surface area contributed by atoms with E-state index in [9.17, 15) is 8.42 Å². The third kappa shape index (κ3) is 4.04. The van der Waals surface area contributed by atoms with Crippen molar-refractivity contribution in [3.63, 3.8) is 0 Å². The number of hydrogen-bond acceptors (Lipinski definition) is 4. The second kappa shape index (κ2) is 4.36. The molecule has 78 valence electrons. The first kappa shape index (κ1) is 10.9. The lowest BCUT2D eigenvalue weighted by molar-refractivity contribution is 0.0234. The molecule has 1 fully saturated rings. The van der Waals surface area contributed by atoms with Crippen molar-refractivity contribution < 1.29 is 13.3 Å². The first-order chi connectivity index (χ1) is 6.01. The minimum atomic E-state index is -3.07. The molecule has 0 unspecified atom stereocenters. The first-order valence-electron chi connectivity index (χ1n) is 4.34. The van der Waals surface area contributed by atoms with Gasteiger partial charge in [0.05, 0.1) is 12.4 Å². The zero-order valence-electron chi connectivity index (χ0n) is 7.69. The van der Waals surface area contributed by atoms with Crippen LogP contribution in [0.25, 0.3) is 0 Å². The van der Waals surface area contributed by atoms with Gasteiger partial charge in [-0.1, -0.05) is 0 Å². The minimum absolute atomic E-state index is 0.0569. The first-order valence-corrected chi connectivity index (χ1v) is 6.23. The largest absolute Gasteiger partial charge is 0.301 e. The molecule has 0 aliphatic heterocycles. The van der Waals surface area contributed by atoms with Gasteiger partial charge in [0.15, 0.2) is 0 Å². The predicted molar refractivity (Wildman–Crippen MR) is 49.3 cm³/mol. The van der Waals surface area contributed by atoms with Gasteiger partial charge in [-0.05, 0) is 25.7 Å². The van der Waals surface area contributed by atoms with Crippen LogP contribution in [0.1, 0.15) is 25.7 Å². The van der Waals surface area contributed by atoms with Crippen molar-refractivity contribution in [3.05, 3.63) is 0 Å². The standard InChI is InChI=1S/C7H16N2O3S/c1-13(10,11)9-6-2-4-7(12-8)5-3-6/h6-7,9H,2-5,8H2,1H3. The molecule has 1 rings (SSSR count). The highest BCUT2D eigenvalue weighted by molar-refractivity contribution is 7.88. The molecule has 13 heavy (non-hydrogen) atoms. The molecule has 0 aromatic carbocycles. The van der Waals surface area contributed by atoms with Gasteiger partial charge in [0.1, 0.15) is 0 Å². The molecule has 3 N–H and O–H groups in total. The highest BCUT2D eigenvalue weighted by atomic mass is 32.2. The average molecular weight is 208 g/mol. The van der Waals surface area contributed by atoms with Crippen LogP contribution in [0.5, 0.6) is 0 Å². The normalized spacial score (nSPS) is 30.3. The van der Waals surface area contributed by atoms with Crippen molar-refractivity contribution in [2.24, 2.45) is 5.90 Å². The van der Waals surface area contributed by atoms with E-state index in [4.69, 9.17) is 10.7 Å². The summed E-state index contributed by atoms with van der Waals surface area (Å²) in [4.78, 5) is 4.69. The van der Waals surface area contributed by atoms with Crippen molar-refractivity contribution in [2.45, 2.75) is 37.8 Å². The molecule has 1 saturated carbocycles. The highest BCUT2D eigenvalue weighted by Crippen LogP contribution is 2.20. The summed E-state index contributed by atoms with van der Waals surface area (Å²) in [7, 11) is -3.07. The Morgan fingerprint density at radius 1 is 1.31 bits per heavy atom. The van der Waals surface area contributed by atoms with E-state index in [1.54, 1.807) is 0 Å². The summed E-state index contributed by atoms with van der Waals surface area (Å²) in [6.07, 6.45) is 4.52. The Morgan fingerprint density at radius 2 is 1.85 bits per heavy atom. The van der Waals surface area contributed by atoms with Crippen LogP contribution < -0.4 is 10.6 Å². The van der Waals surface area contributed by atoms with Crippen LogP contribution in [0.2, 0.25) is 0 Å². The Morgan fingerprint density at radius 3 is 2.23 bits per heavy atom. The van der Waals surface area contributed by atoms with E-state index in [2.05, 4.69) is 4.72 Å². The molecule has 0 bridgehead atoms. The molecule has 0 heterocycles. The van der Waals surface area contributed by atoms with Crippen LogP contribution in [0.4, 0.5) is 0 Å². The summed E-state index contributed by atoms with van der Waals surface area (Å²) in [6.45, 7) is 0. The Labute approximate surface area is 78.6 Å². The van der Waals surface area contributed by atoms with Gasteiger partial charge in [-0.15, -0.1) is 0 Å². The fourth-order valence-electron chi connectivity index (χ4n) is 1.62. The Bertz CT molecular complexity index is 244. The van der Waals surface area contributed by atoms with Gasteiger partial charge in [-0.2, -0.15) is 0 Å². The molecule has 6 heteroatoms. The lowest BCUT2D eigenvalue weighted by atomic mass is 9.94. The molecular weight excluding hydrogens is 192 g/mol. The smallest absolute Gasteiger partial charge is 0.208 e. The van der Waals surface area contributed by atoms with Crippen LogP contribution in [-0.4, -0.2) is 26.8 Å². The molecule has 0 saturated heterocycles. The van der Waals surface area contributed by atoms with Crippen LogP contribution in [0.3, 0.4) is 0 Å². The van der Waals surface area contributed by atoms with Crippen molar-refractivity contribution in [2.75, 3.05) is 6.26 Å². The molecule has 0 spiro atoms. The highest BCUT2D eigenvalue weighted by Gasteiger charge is 2.22. The third-order valence-electron chi connectivity index (χ3n) is 2.25. The summed E-state index contributed by atoms with van der Waals surface area (Å²) in [5.41, 5.74) is 0. The number of rotatable bonds is 3. The SMILES string of the molecule is CS(=O)(=O)NC1CCC(ON)CC1. The summed E-state index contributed by atoms with van der Waals surface area (Å²) >= 11 is 0. The van der Waals surface area contributed by atoms with Gasteiger partial charge < -0.3 is 4.84 Å². The van der Waals surface area contributed by atoms with Crippen LogP contribution in [0, 0.1) is 0 Å². The van der Waals surface area contributed by atoms with Crippen LogP contribution >= 0.6 is 0 Å². The van der Waals surface area contributed by atoms with E-state index in [0.29, 0.717) is 0 Å². The predicted octanol–water partition coefficient (Wildman–Crippen LogP) is -0.263. The monoisotopic (exact) mass is 208 g/mol. The zero-order chi connectivity index (χ0) is 9.90. The summed E-state index contributed by atoms with van der Waals surface area (Å²) in [5.74, 6) is 5.04. The number of nitrogens with two attached hydrogens (primary N) is 1. The maximum Gasteiger partial charge on any atom is 0.208 e. The maximum atomic E-state index is 10.9. The van der Waals surface area contributed by atoms with Crippen molar-refractivity contribution in [1.29, 1.82) is 0 Å². The lowest BCUT2D eigenvalue weighted by Crippen LogP contribution is -2.38. The summed E-state index contributed by atoms with van der Waals surface area (Å²) in [6, 6.07) is 0.0569. The average Bonchev–Trinajstić information content (AvgIpc) is 2.03. The number of hydrogen-bond donors (Lipinski definition) is 2. The van der Waals surface area contributed by atoms with Gasteiger partial charge in [-0.25, -0.2) is 19.0 Å². The second-order valence-electron chi connectivity index (χ2n) is 3.50. The van der Waals surface area contributed by atoms with Crippen LogP contribution in [-0.2, 0) is 14.9 Å². The van der Waals surface area contributed by atoms with Gasteiger partial charge in [0.2, 0.25) is 10.0 Å². The van der Waals surface area contributed by atoms with Crippen LogP contribution in [0.15, 0.2) is 0 Å². The van der Waals surface area contributed by atoms with E-state index >= 15 is 0 Å². The fourth-order valence-corrected chi connectivity index (χ4v) is 2.46. The molecular formula is C7H16N2O3S. The number of sulfonamides is 1. The summed E-state index contributed by atoms with van der Waals surface area (Å²) in [5, 5.41) is 0. The molecule has 0 aromatic heterocycles. The van der Waals surface area contributed by atoms with Gasteiger partial charge in [-0.3, -0.25) is 0 Å². The van der Waals surface area contributed by atoms with E-state index in [-0.39, 0.29) is 12.1 Å². The molecule has 0 amide bonds. The van der Waals surface area contributed by atoms with Crippen molar-refractivity contribution in [3.8, 4) is 0 Å². The van der Waals surface area contributed by atoms with E-state index in [1.165, 1.54) is 6.26 Å². The molecule has 0 aromatic rings. The zero-order valence-corrected chi connectivity index (χ0v) is 8.51. The Balaban J connectivity index is 2.33. The minimum Gasteiger partial charge on any atom is -0.301 e. The van der Waals surface area contributed by atoms with Crippen molar-refractivity contribution >= 4 is 10.0 Å². The number of nitrogens with one attached hydrogen (secondary N) is 1. The van der Waals surface area contributed by atoms with E-state index in [0.717, 1.165) is 25.7 Å². The maximum absolute atomic E-state index is 10.9. The molecule has 5 nitrogen and oxygen atoms in total. The van der Waals surface area contributed by atoms with Gasteiger partial charge >= 0.3 is 0 Å². The van der Waals surface area contributed by atoms with E-state index in [1.807, 2.05) is 0 Å². The quantitative estimate of drug-likeness (QED) is 0.626. The van der Waals surface area contributed by atoms with Gasteiger partial charge in [0.25, 0.3) is 0 Å². The molecule has 1 aliphatic carbocycles. The second-order valence-corrected chi connectivity index (χ2v) is 5.28.